The smallest absolute Gasteiger partial charge is 0.311 e. The van der Waals surface area contributed by atoms with E-state index in [0.29, 0.717) is 11.5 Å². The summed E-state index contributed by atoms with van der Waals surface area (Å²) < 4.78 is 10.8. The van der Waals surface area contributed by atoms with Gasteiger partial charge in [-0.3, -0.25) is 4.79 Å². The standard InChI is InChI=1S/C16H20O4.CH2Cl2/c1-5-13-10-14(7-8-15(13)19-11(2)3)20-16(18)9-6-12(4)17;2-1-3/h5,7-8,10-11H,1,6,9H2,2-4H3;1H2. The molecule has 0 aliphatic heterocycles. The first-order valence-corrected chi connectivity index (χ1v) is 8.16. The summed E-state index contributed by atoms with van der Waals surface area (Å²) in [7, 11) is 0. The molecule has 1 rings (SSSR count). The Bertz CT molecular complexity index is 527. The van der Waals surface area contributed by atoms with E-state index in [0.717, 1.165) is 5.56 Å². The van der Waals surface area contributed by atoms with Crippen molar-refractivity contribution in [3.05, 3.63) is 30.3 Å². The van der Waals surface area contributed by atoms with Gasteiger partial charge in [0.05, 0.1) is 17.9 Å². The number of halogens is 2. The Morgan fingerprint density at radius 3 is 2.35 bits per heavy atom. The molecule has 0 spiro atoms. The van der Waals surface area contributed by atoms with E-state index < -0.39 is 5.97 Å². The number of hydrogen-bond donors (Lipinski definition) is 0. The summed E-state index contributed by atoms with van der Waals surface area (Å²) in [6.07, 6.45) is 1.98. The fraction of sp³-hybridized carbons (Fsp3) is 0.412. The molecular weight excluding hydrogens is 339 g/mol. The summed E-state index contributed by atoms with van der Waals surface area (Å²) >= 11 is 9.53. The number of carbonyl (C=O) groups is 2. The zero-order valence-corrected chi connectivity index (χ0v) is 15.1. The number of carbonyl (C=O) groups excluding carboxylic acids is 2. The molecule has 0 N–H and O–H groups in total. The van der Waals surface area contributed by atoms with Crippen LogP contribution in [0, 0.1) is 0 Å². The van der Waals surface area contributed by atoms with Crippen LogP contribution in [0.2, 0.25) is 0 Å². The zero-order valence-electron chi connectivity index (χ0n) is 13.6. The highest BCUT2D eigenvalue weighted by Gasteiger charge is 2.09. The van der Waals surface area contributed by atoms with Crippen LogP contribution in [0.1, 0.15) is 39.2 Å². The lowest BCUT2D eigenvalue weighted by atomic mass is 10.2. The average Bonchev–Trinajstić information content (AvgIpc) is 2.47. The van der Waals surface area contributed by atoms with Gasteiger partial charge < -0.3 is 14.3 Å². The van der Waals surface area contributed by atoms with E-state index in [1.54, 1.807) is 24.3 Å². The summed E-state index contributed by atoms with van der Waals surface area (Å²) in [6.45, 7) is 9.03. The van der Waals surface area contributed by atoms with E-state index in [4.69, 9.17) is 32.7 Å². The number of hydrogen-bond acceptors (Lipinski definition) is 4. The van der Waals surface area contributed by atoms with Crippen LogP contribution in [-0.2, 0) is 9.59 Å². The van der Waals surface area contributed by atoms with Crippen molar-refractivity contribution in [2.24, 2.45) is 0 Å². The van der Waals surface area contributed by atoms with Crippen LogP contribution >= 0.6 is 23.2 Å². The number of alkyl halides is 2. The topological polar surface area (TPSA) is 52.6 Å². The van der Waals surface area contributed by atoms with Crippen molar-refractivity contribution in [1.29, 1.82) is 0 Å². The zero-order chi connectivity index (χ0) is 17.8. The largest absolute Gasteiger partial charge is 0.490 e. The van der Waals surface area contributed by atoms with Crippen LogP contribution in [0.25, 0.3) is 6.08 Å². The van der Waals surface area contributed by atoms with Gasteiger partial charge in [0.25, 0.3) is 0 Å². The number of esters is 1. The van der Waals surface area contributed by atoms with Gasteiger partial charge in [-0.25, -0.2) is 0 Å². The minimum absolute atomic E-state index is 0.0330. The minimum atomic E-state index is -0.423. The molecule has 0 fully saturated rings. The first-order valence-electron chi connectivity index (χ1n) is 7.09. The third-order valence-corrected chi connectivity index (χ3v) is 2.48. The van der Waals surface area contributed by atoms with Gasteiger partial charge in [-0.2, -0.15) is 0 Å². The van der Waals surface area contributed by atoms with Crippen molar-refractivity contribution in [3.63, 3.8) is 0 Å². The Kier molecular flexibility index (Phi) is 11.2. The molecule has 0 saturated carbocycles. The molecule has 0 atom stereocenters. The van der Waals surface area contributed by atoms with Crippen LogP contribution in [0.3, 0.4) is 0 Å². The molecular formula is C17H22Cl2O4. The van der Waals surface area contributed by atoms with Gasteiger partial charge in [-0.15, -0.1) is 23.2 Å². The van der Waals surface area contributed by atoms with E-state index in [2.05, 4.69) is 6.58 Å². The molecule has 1 aromatic rings. The second-order valence-corrected chi connectivity index (χ2v) is 5.66. The lowest BCUT2D eigenvalue weighted by Gasteiger charge is -2.13. The van der Waals surface area contributed by atoms with Crippen molar-refractivity contribution in [2.45, 2.75) is 39.7 Å². The number of Topliss-reactive ketones (excluding diaryl/α,β-unsaturated/α-hetero) is 1. The van der Waals surface area contributed by atoms with Gasteiger partial charge in [0, 0.05) is 12.0 Å². The summed E-state index contributed by atoms with van der Waals surface area (Å²) in [5.74, 6) is 0.658. The molecule has 0 unspecified atom stereocenters. The third-order valence-electron chi connectivity index (χ3n) is 2.48. The number of ketones is 1. The molecule has 128 valence electrons. The number of ether oxygens (including phenoxy) is 2. The minimum Gasteiger partial charge on any atom is -0.490 e. The predicted molar refractivity (Wildman–Crippen MR) is 94.4 cm³/mol. The Balaban J connectivity index is 0.00000149. The lowest BCUT2D eigenvalue weighted by molar-refractivity contribution is -0.135. The van der Waals surface area contributed by atoms with Gasteiger partial charge in [-0.1, -0.05) is 12.7 Å². The molecule has 0 aliphatic rings. The van der Waals surface area contributed by atoms with Gasteiger partial charge in [-0.05, 0) is 39.0 Å². The summed E-state index contributed by atoms with van der Waals surface area (Å²) in [5.41, 5.74) is 0.760. The van der Waals surface area contributed by atoms with Gasteiger partial charge in [0.2, 0.25) is 0 Å². The quantitative estimate of drug-likeness (QED) is 0.397. The first-order chi connectivity index (χ1) is 10.8. The van der Waals surface area contributed by atoms with Crippen molar-refractivity contribution >= 4 is 41.0 Å². The molecule has 0 aliphatic carbocycles. The van der Waals surface area contributed by atoms with E-state index in [1.807, 2.05) is 13.8 Å². The molecule has 4 nitrogen and oxygen atoms in total. The van der Waals surface area contributed by atoms with E-state index in [1.165, 1.54) is 6.92 Å². The van der Waals surface area contributed by atoms with Gasteiger partial charge >= 0.3 is 5.97 Å². The SMILES string of the molecule is C=Cc1cc(OC(=O)CCC(C)=O)ccc1OC(C)C.ClCCl. The van der Waals surface area contributed by atoms with Crippen molar-refractivity contribution < 1.29 is 19.1 Å². The van der Waals surface area contributed by atoms with Crippen LogP contribution in [0.5, 0.6) is 11.5 Å². The number of benzene rings is 1. The highest BCUT2D eigenvalue weighted by molar-refractivity contribution is 6.40. The second kappa shape index (κ2) is 12.0. The normalized spacial score (nSPS) is 9.65. The van der Waals surface area contributed by atoms with Crippen LogP contribution in [0.4, 0.5) is 0 Å². The van der Waals surface area contributed by atoms with Crippen LogP contribution in [-0.4, -0.2) is 23.2 Å². The lowest BCUT2D eigenvalue weighted by Crippen LogP contribution is -2.10. The molecule has 0 aromatic heterocycles. The molecule has 0 bridgehead atoms. The van der Waals surface area contributed by atoms with Crippen molar-refractivity contribution in [1.82, 2.24) is 0 Å². The Hall–Kier alpha value is -1.52. The van der Waals surface area contributed by atoms with Gasteiger partial charge in [0.15, 0.2) is 0 Å². The van der Waals surface area contributed by atoms with E-state index >= 15 is 0 Å². The maximum absolute atomic E-state index is 11.5. The Labute approximate surface area is 147 Å². The summed E-state index contributed by atoms with van der Waals surface area (Å²) in [4.78, 5) is 22.4. The first kappa shape index (κ1) is 21.5. The van der Waals surface area contributed by atoms with E-state index in [-0.39, 0.29) is 30.1 Å². The maximum Gasteiger partial charge on any atom is 0.311 e. The summed E-state index contributed by atoms with van der Waals surface area (Å²) in [5, 5.41) is 0.194. The highest BCUT2D eigenvalue weighted by atomic mass is 35.5. The fourth-order valence-corrected chi connectivity index (χ4v) is 1.57. The highest BCUT2D eigenvalue weighted by Crippen LogP contribution is 2.26. The Morgan fingerprint density at radius 1 is 1.26 bits per heavy atom. The monoisotopic (exact) mass is 360 g/mol. The van der Waals surface area contributed by atoms with Crippen LogP contribution < -0.4 is 9.47 Å². The van der Waals surface area contributed by atoms with Crippen molar-refractivity contribution in [2.75, 3.05) is 5.34 Å². The molecule has 0 radical (unpaired) electrons. The average molecular weight is 361 g/mol. The fourth-order valence-electron chi connectivity index (χ4n) is 1.57. The Morgan fingerprint density at radius 2 is 1.87 bits per heavy atom. The van der Waals surface area contributed by atoms with Crippen molar-refractivity contribution in [3.8, 4) is 11.5 Å². The molecule has 1 aromatic carbocycles. The molecule has 0 saturated heterocycles. The van der Waals surface area contributed by atoms with Crippen LogP contribution in [0.15, 0.2) is 24.8 Å². The summed E-state index contributed by atoms with van der Waals surface area (Å²) in [6, 6.07) is 5.09. The maximum atomic E-state index is 11.5. The molecule has 0 amide bonds. The molecule has 0 heterocycles. The third kappa shape index (κ3) is 9.97. The number of rotatable bonds is 7. The molecule has 6 heteroatoms. The molecule has 23 heavy (non-hydrogen) atoms. The van der Waals surface area contributed by atoms with E-state index in [9.17, 15) is 9.59 Å². The van der Waals surface area contributed by atoms with Gasteiger partial charge in [0.1, 0.15) is 17.3 Å². The predicted octanol–water partition coefficient (Wildman–Crippen LogP) is 4.81. The second-order valence-electron chi connectivity index (χ2n) is 4.85.